The van der Waals surface area contributed by atoms with E-state index in [0.717, 1.165) is 35.4 Å². The summed E-state index contributed by atoms with van der Waals surface area (Å²) in [7, 11) is 0. The zero-order valence-electron chi connectivity index (χ0n) is 20.8. The van der Waals surface area contributed by atoms with E-state index in [1.165, 1.54) is 88.7 Å². The summed E-state index contributed by atoms with van der Waals surface area (Å²) in [6.07, 6.45) is 11.4. The van der Waals surface area contributed by atoms with Crippen LogP contribution in [-0.2, 0) is 0 Å². The maximum absolute atomic E-state index is 14.1. The first kappa shape index (κ1) is 26.0. The zero-order chi connectivity index (χ0) is 24.8. The molecule has 2 saturated carbocycles. The largest absolute Gasteiger partial charge is 0.573 e. The van der Waals surface area contributed by atoms with E-state index in [-0.39, 0.29) is 0 Å². The monoisotopic (exact) mass is 490 g/mol. The van der Waals surface area contributed by atoms with Crippen molar-refractivity contribution in [2.75, 3.05) is 0 Å². The first-order valence-corrected chi connectivity index (χ1v) is 13.5. The van der Waals surface area contributed by atoms with Gasteiger partial charge in [0.2, 0.25) is 0 Å². The fourth-order valence-corrected chi connectivity index (χ4v) is 6.42. The molecule has 2 aromatic carbocycles. The molecule has 2 aromatic rings. The van der Waals surface area contributed by atoms with Gasteiger partial charge >= 0.3 is 6.36 Å². The van der Waals surface area contributed by atoms with E-state index in [1.807, 2.05) is 12.1 Å². The fraction of sp³-hybridized carbons (Fsp3) is 0.600. The molecule has 35 heavy (non-hydrogen) atoms. The molecule has 0 saturated heterocycles. The lowest BCUT2D eigenvalue weighted by Crippen LogP contribution is -2.30. The molecule has 2 aliphatic rings. The summed E-state index contributed by atoms with van der Waals surface area (Å²) >= 11 is 0. The van der Waals surface area contributed by atoms with Crippen molar-refractivity contribution in [2.45, 2.75) is 96.3 Å². The molecule has 2 fully saturated rings. The van der Waals surface area contributed by atoms with E-state index >= 15 is 0 Å². The van der Waals surface area contributed by atoms with Crippen LogP contribution in [0.2, 0.25) is 0 Å². The maximum Gasteiger partial charge on any atom is 0.573 e. The number of hydrogen-bond acceptors (Lipinski definition) is 1. The van der Waals surface area contributed by atoms with Gasteiger partial charge in [0, 0.05) is 0 Å². The van der Waals surface area contributed by atoms with E-state index in [9.17, 15) is 17.6 Å². The molecule has 0 radical (unpaired) electrons. The summed E-state index contributed by atoms with van der Waals surface area (Å²) in [4.78, 5) is 0. The minimum Gasteiger partial charge on any atom is -0.403 e. The first-order chi connectivity index (χ1) is 16.8. The fourth-order valence-electron chi connectivity index (χ4n) is 6.42. The molecule has 0 aliphatic heterocycles. The summed E-state index contributed by atoms with van der Waals surface area (Å²) in [5, 5.41) is 0. The van der Waals surface area contributed by atoms with Gasteiger partial charge in [-0.2, -0.15) is 0 Å². The van der Waals surface area contributed by atoms with Crippen LogP contribution in [0.25, 0.3) is 11.1 Å². The number of hydrogen-bond donors (Lipinski definition) is 0. The van der Waals surface area contributed by atoms with Crippen molar-refractivity contribution >= 4 is 0 Å². The third kappa shape index (κ3) is 7.24. The van der Waals surface area contributed by atoms with Crippen molar-refractivity contribution < 1.29 is 22.3 Å². The van der Waals surface area contributed by atoms with Gasteiger partial charge in [-0.1, -0.05) is 82.2 Å². The van der Waals surface area contributed by atoms with Crippen LogP contribution in [-0.4, -0.2) is 6.36 Å². The van der Waals surface area contributed by atoms with E-state index in [2.05, 4.69) is 23.8 Å². The van der Waals surface area contributed by atoms with E-state index < -0.39 is 17.9 Å². The Morgan fingerprint density at radius 2 is 1.49 bits per heavy atom. The Labute approximate surface area is 207 Å². The third-order valence-electron chi connectivity index (χ3n) is 8.31. The van der Waals surface area contributed by atoms with Crippen LogP contribution in [0.4, 0.5) is 17.6 Å². The van der Waals surface area contributed by atoms with Crippen LogP contribution < -0.4 is 4.74 Å². The average Bonchev–Trinajstić information content (AvgIpc) is 2.84. The first-order valence-electron chi connectivity index (χ1n) is 13.5. The van der Waals surface area contributed by atoms with Gasteiger partial charge in [-0.15, -0.1) is 13.2 Å². The topological polar surface area (TPSA) is 9.23 Å². The molecule has 0 amide bonds. The molecule has 2 aliphatic carbocycles. The molecule has 0 N–H and O–H groups in total. The highest BCUT2D eigenvalue weighted by Gasteiger charge is 2.36. The van der Waals surface area contributed by atoms with Gasteiger partial charge in [-0.25, -0.2) is 4.39 Å². The number of ether oxygens (including phenoxy) is 1. The minimum absolute atomic E-state index is 0.542. The van der Waals surface area contributed by atoms with Crippen LogP contribution in [0.5, 0.6) is 5.75 Å². The lowest BCUT2D eigenvalue weighted by molar-refractivity contribution is -0.275. The van der Waals surface area contributed by atoms with Gasteiger partial charge in [-0.05, 0) is 84.6 Å². The van der Waals surface area contributed by atoms with Crippen LogP contribution >= 0.6 is 0 Å². The number of rotatable bonds is 9. The Balaban J connectivity index is 1.30. The Kier molecular flexibility index (Phi) is 8.77. The second-order valence-corrected chi connectivity index (χ2v) is 10.7. The molecule has 0 aromatic heterocycles. The summed E-state index contributed by atoms with van der Waals surface area (Å²) in [6.45, 7) is 2.27. The molecule has 1 unspecified atom stereocenters. The summed E-state index contributed by atoms with van der Waals surface area (Å²) < 4.78 is 55.0. The van der Waals surface area contributed by atoms with Gasteiger partial charge in [0.15, 0.2) is 11.6 Å². The van der Waals surface area contributed by atoms with Gasteiger partial charge in [-0.3, -0.25) is 0 Å². The second kappa shape index (κ2) is 11.8. The lowest BCUT2D eigenvalue weighted by atomic mass is 9.63. The van der Waals surface area contributed by atoms with Crippen molar-refractivity contribution in [3.8, 4) is 16.9 Å². The molecule has 5 heteroatoms. The van der Waals surface area contributed by atoms with Gasteiger partial charge < -0.3 is 4.74 Å². The SMILES string of the molecule is CCCCCCCC1CC[C@@H]2C[C@H](c3ccc(-c4ccc(OC(F)(F)F)c(F)c4)cc3)CC[C@@H]2C1. The van der Waals surface area contributed by atoms with Crippen molar-refractivity contribution in [1.29, 1.82) is 0 Å². The number of alkyl halides is 3. The third-order valence-corrected chi connectivity index (χ3v) is 8.31. The van der Waals surface area contributed by atoms with Crippen molar-refractivity contribution in [2.24, 2.45) is 17.8 Å². The predicted octanol–water partition coefficient (Wildman–Crippen LogP) is 10.1. The molecular weight excluding hydrogens is 452 g/mol. The Hall–Kier alpha value is -2.04. The average molecular weight is 491 g/mol. The molecule has 192 valence electrons. The predicted molar refractivity (Wildman–Crippen MR) is 133 cm³/mol. The normalized spacial score (nSPS) is 24.7. The van der Waals surface area contributed by atoms with Gasteiger partial charge in [0.25, 0.3) is 0 Å². The molecular formula is C30H38F4O. The smallest absolute Gasteiger partial charge is 0.403 e. The molecule has 4 atom stereocenters. The Morgan fingerprint density at radius 3 is 2.20 bits per heavy atom. The molecule has 0 heterocycles. The summed E-state index contributed by atoms with van der Waals surface area (Å²) in [6, 6.07) is 11.7. The molecule has 1 nitrogen and oxygen atoms in total. The lowest BCUT2D eigenvalue weighted by Gasteiger charge is -2.42. The number of halogens is 4. The van der Waals surface area contributed by atoms with Crippen molar-refractivity contribution in [1.82, 2.24) is 0 Å². The summed E-state index contributed by atoms with van der Waals surface area (Å²) in [5.41, 5.74) is 2.65. The molecule has 0 spiro atoms. The second-order valence-electron chi connectivity index (χ2n) is 10.7. The highest BCUT2D eigenvalue weighted by Crippen LogP contribution is 2.48. The van der Waals surface area contributed by atoms with Crippen molar-refractivity contribution in [3.05, 3.63) is 53.8 Å². The highest BCUT2D eigenvalue weighted by atomic mass is 19.4. The quantitative estimate of drug-likeness (QED) is 0.251. The standard InChI is InChI=1S/C30H38F4O/c1-2-3-4-5-6-7-21-8-9-26-19-25(15-14-24(26)18-21)22-10-12-23(13-11-22)27-16-17-29(28(31)20-27)35-30(32,33)34/h10-13,16-17,20-21,24-26H,2-9,14-15,18-19H2,1H3/t21?,24-,25-,26-/m1/s1. The van der Waals surface area contributed by atoms with E-state index in [0.29, 0.717) is 11.5 Å². The summed E-state index contributed by atoms with van der Waals surface area (Å²) in [5.74, 6) is 1.40. The Morgan fingerprint density at radius 1 is 0.800 bits per heavy atom. The van der Waals surface area contributed by atoms with Gasteiger partial charge in [0.05, 0.1) is 0 Å². The molecule has 0 bridgehead atoms. The number of unbranched alkanes of at least 4 members (excludes halogenated alkanes) is 4. The number of benzene rings is 2. The van der Waals surface area contributed by atoms with Crippen LogP contribution in [0.1, 0.15) is 95.5 Å². The minimum atomic E-state index is -4.91. The Bertz CT molecular complexity index is 936. The van der Waals surface area contributed by atoms with Crippen LogP contribution in [0.3, 0.4) is 0 Å². The van der Waals surface area contributed by atoms with E-state index in [1.54, 1.807) is 0 Å². The van der Waals surface area contributed by atoms with Gasteiger partial charge in [0.1, 0.15) is 0 Å². The van der Waals surface area contributed by atoms with Crippen molar-refractivity contribution in [3.63, 3.8) is 0 Å². The highest BCUT2D eigenvalue weighted by molar-refractivity contribution is 5.64. The van der Waals surface area contributed by atoms with Crippen LogP contribution in [0, 0.1) is 23.6 Å². The number of fused-ring (bicyclic) bond motifs is 1. The zero-order valence-corrected chi connectivity index (χ0v) is 20.8. The maximum atomic E-state index is 14.1. The van der Waals surface area contributed by atoms with E-state index in [4.69, 9.17) is 0 Å². The van der Waals surface area contributed by atoms with Crippen LogP contribution in [0.15, 0.2) is 42.5 Å². The molecule has 4 rings (SSSR count).